The number of thiophene rings is 1. The normalized spacial score (nSPS) is 10.7. The molecule has 1 heterocycles. The molecule has 1 N–H and O–H groups in total. The maximum Gasteiger partial charge on any atom is 0.104 e. The van der Waals surface area contributed by atoms with E-state index in [0.717, 1.165) is 18.7 Å². The topological polar surface area (TPSA) is 23.5 Å². The van der Waals surface area contributed by atoms with Gasteiger partial charge in [0.1, 0.15) is 6.61 Å². The molecule has 110 valence electrons. The Morgan fingerprint density at radius 2 is 1.95 bits per heavy atom. The van der Waals surface area contributed by atoms with Crippen LogP contribution in [0.3, 0.4) is 0 Å². The fourth-order valence-corrected chi connectivity index (χ4v) is 2.89. The van der Waals surface area contributed by atoms with Crippen molar-refractivity contribution in [2.45, 2.75) is 33.0 Å². The molecule has 2 rings (SSSR count). The van der Waals surface area contributed by atoms with Crippen LogP contribution >= 0.6 is 11.3 Å². The van der Waals surface area contributed by atoms with E-state index in [2.05, 4.69) is 54.2 Å². The zero-order valence-corrected chi connectivity index (χ0v) is 13.4. The smallest absolute Gasteiger partial charge is 0.104 e. The Balaban J connectivity index is 2.17. The van der Waals surface area contributed by atoms with Crippen LogP contribution in [0, 0.1) is 11.8 Å². The van der Waals surface area contributed by atoms with E-state index in [1.54, 1.807) is 11.3 Å². The molecule has 21 heavy (non-hydrogen) atoms. The van der Waals surface area contributed by atoms with Gasteiger partial charge in [-0.25, -0.2) is 0 Å². The minimum Gasteiger partial charge on any atom is -0.384 e. The van der Waals surface area contributed by atoms with Crippen molar-refractivity contribution in [3.8, 4) is 11.8 Å². The van der Waals surface area contributed by atoms with Gasteiger partial charge in [0, 0.05) is 29.6 Å². The molecule has 0 aliphatic rings. The van der Waals surface area contributed by atoms with E-state index in [4.69, 9.17) is 5.11 Å². The van der Waals surface area contributed by atoms with Crippen molar-refractivity contribution in [2.75, 3.05) is 6.61 Å². The summed E-state index contributed by atoms with van der Waals surface area (Å²) in [5.74, 6) is 5.78. The van der Waals surface area contributed by atoms with E-state index in [0.29, 0.717) is 6.04 Å². The van der Waals surface area contributed by atoms with E-state index in [-0.39, 0.29) is 6.61 Å². The van der Waals surface area contributed by atoms with E-state index in [1.807, 2.05) is 18.2 Å². The lowest BCUT2D eigenvalue weighted by molar-refractivity contribution is 0.205. The second kappa shape index (κ2) is 7.99. The van der Waals surface area contributed by atoms with E-state index < -0.39 is 0 Å². The number of hydrogen-bond acceptors (Lipinski definition) is 3. The minimum absolute atomic E-state index is 0.0998. The predicted molar refractivity (Wildman–Crippen MR) is 89.1 cm³/mol. The summed E-state index contributed by atoms with van der Waals surface area (Å²) in [6.07, 6.45) is 0. The third-order valence-corrected chi connectivity index (χ3v) is 4.22. The van der Waals surface area contributed by atoms with Crippen LogP contribution in [-0.2, 0) is 13.1 Å². The van der Waals surface area contributed by atoms with Crippen LogP contribution in [0.15, 0.2) is 41.8 Å². The molecule has 0 atom stereocenters. The van der Waals surface area contributed by atoms with Gasteiger partial charge >= 0.3 is 0 Å². The summed E-state index contributed by atoms with van der Waals surface area (Å²) in [5, 5.41) is 11.0. The average Bonchev–Trinajstić information content (AvgIpc) is 2.98. The Kier molecular flexibility index (Phi) is 6.01. The van der Waals surface area contributed by atoms with E-state index in [1.165, 1.54) is 10.4 Å². The third-order valence-electron chi connectivity index (χ3n) is 3.36. The molecule has 3 heteroatoms. The maximum absolute atomic E-state index is 8.88. The van der Waals surface area contributed by atoms with Crippen LogP contribution in [0.25, 0.3) is 0 Å². The van der Waals surface area contributed by atoms with Gasteiger partial charge in [-0.1, -0.05) is 36.1 Å². The highest BCUT2D eigenvalue weighted by molar-refractivity contribution is 7.09. The fourth-order valence-electron chi connectivity index (χ4n) is 2.16. The monoisotopic (exact) mass is 299 g/mol. The van der Waals surface area contributed by atoms with Crippen molar-refractivity contribution in [2.24, 2.45) is 0 Å². The number of aliphatic hydroxyl groups excluding tert-OH is 1. The van der Waals surface area contributed by atoms with Crippen LogP contribution in [0.2, 0.25) is 0 Å². The SMILES string of the molecule is CC(C)N(Cc1cccs1)Cc1ccccc1C#CCO. The molecule has 0 spiro atoms. The van der Waals surface area contributed by atoms with Gasteiger partial charge in [0.05, 0.1) is 0 Å². The molecule has 0 saturated carbocycles. The Morgan fingerprint density at radius 1 is 1.14 bits per heavy atom. The summed E-state index contributed by atoms with van der Waals surface area (Å²) in [6, 6.07) is 12.9. The highest BCUT2D eigenvalue weighted by Crippen LogP contribution is 2.18. The molecule has 2 aromatic rings. The standard InChI is InChI=1S/C18H21NOS/c1-15(2)19(14-18-10-6-12-21-18)13-17-8-4-3-7-16(17)9-5-11-20/h3-4,6-8,10,12,15,20H,11,13-14H2,1-2H3. The molecular weight excluding hydrogens is 278 g/mol. The molecule has 0 unspecified atom stereocenters. The molecule has 0 fully saturated rings. The second-order valence-corrected chi connectivity index (χ2v) is 6.23. The zero-order chi connectivity index (χ0) is 15.1. The van der Waals surface area contributed by atoms with Gasteiger partial charge in [-0.3, -0.25) is 4.90 Å². The lowest BCUT2D eigenvalue weighted by Crippen LogP contribution is -2.29. The lowest BCUT2D eigenvalue weighted by atomic mass is 10.1. The quantitative estimate of drug-likeness (QED) is 0.854. The summed E-state index contributed by atoms with van der Waals surface area (Å²) in [6.45, 7) is 6.16. The molecule has 1 aromatic heterocycles. The molecule has 0 bridgehead atoms. The Morgan fingerprint density at radius 3 is 2.62 bits per heavy atom. The number of rotatable bonds is 5. The van der Waals surface area contributed by atoms with E-state index in [9.17, 15) is 0 Å². The molecule has 0 saturated heterocycles. The van der Waals surface area contributed by atoms with Crippen LogP contribution in [0.4, 0.5) is 0 Å². The molecule has 0 radical (unpaired) electrons. The molecule has 1 aromatic carbocycles. The van der Waals surface area contributed by atoms with Gasteiger partial charge in [0.2, 0.25) is 0 Å². The highest BCUT2D eigenvalue weighted by atomic mass is 32.1. The van der Waals surface area contributed by atoms with Crippen molar-refractivity contribution >= 4 is 11.3 Å². The minimum atomic E-state index is -0.0998. The lowest BCUT2D eigenvalue weighted by Gasteiger charge is -2.26. The van der Waals surface area contributed by atoms with Gasteiger partial charge in [-0.2, -0.15) is 0 Å². The van der Waals surface area contributed by atoms with Gasteiger partial charge in [0.25, 0.3) is 0 Å². The second-order valence-electron chi connectivity index (χ2n) is 5.20. The van der Waals surface area contributed by atoms with Gasteiger partial charge in [0.15, 0.2) is 0 Å². The number of hydrogen-bond donors (Lipinski definition) is 1. The van der Waals surface area contributed by atoms with Crippen LogP contribution in [0.5, 0.6) is 0 Å². The first-order chi connectivity index (χ1) is 10.2. The largest absolute Gasteiger partial charge is 0.384 e. The Bertz CT molecular complexity index is 608. The summed E-state index contributed by atoms with van der Waals surface area (Å²) < 4.78 is 0. The van der Waals surface area contributed by atoms with Crippen LogP contribution in [-0.4, -0.2) is 22.7 Å². The first kappa shape index (κ1) is 15.8. The predicted octanol–water partition coefficient (Wildman–Crippen LogP) is 3.50. The number of nitrogens with zero attached hydrogens (tertiary/aromatic N) is 1. The number of aliphatic hydroxyl groups is 1. The van der Waals surface area contributed by atoms with E-state index >= 15 is 0 Å². The molecule has 0 aliphatic heterocycles. The van der Waals surface area contributed by atoms with Crippen LogP contribution in [0.1, 0.15) is 29.9 Å². The summed E-state index contributed by atoms with van der Waals surface area (Å²) in [5.41, 5.74) is 2.21. The summed E-state index contributed by atoms with van der Waals surface area (Å²) in [4.78, 5) is 3.81. The van der Waals surface area contributed by atoms with Crippen molar-refractivity contribution in [3.63, 3.8) is 0 Å². The number of benzene rings is 1. The average molecular weight is 299 g/mol. The van der Waals surface area contributed by atoms with Crippen molar-refractivity contribution in [1.82, 2.24) is 4.90 Å². The van der Waals surface area contributed by atoms with Gasteiger partial charge in [-0.05, 0) is 36.9 Å². The highest BCUT2D eigenvalue weighted by Gasteiger charge is 2.13. The molecular formula is C18H21NOS. The molecule has 0 amide bonds. The van der Waals surface area contributed by atoms with Gasteiger partial charge in [-0.15, -0.1) is 11.3 Å². The van der Waals surface area contributed by atoms with Crippen molar-refractivity contribution < 1.29 is 5.11 Å². The third kappa shape index (κ3) is 4.71. The zero-order valence-electron chi connectivity index (χ0n) is 12.5. The van der Waals surface area contributed by atoms with Crippen molar-refractivity contribution in [3.05, 3.63) is 57.8 Å². The van der Waals surface area contributed by atoms with Crippen molar-refractivity contribution in [1.29, 1.82) is 0 Å². The first-order valence-electron chi connectivity index (χ1n) is 7.14. The summed E-state index contributed by atoms with van der Waals surface area (Å²) in [7, 11) is 0. The summed E-state index contributed by atoms with van der Waals surface area (Å²) >= 11 is 1.79. The Hall–Kier alpha value is -1.60. The Labute approximate surface area is 131 Å². The molecule has 2 nitrogen and oxygen atoms in total. The molecule has 0 aliphatic carbocycles. The maximum atomic E-state index is 8.88. The fraction of sp³-hybridized carbons (Fsp3) is 0.333. The van der Waals surface area contributed by atoms with Crippen LogP contribution < -0.4 is 0 Å². The first-order valence-corrected chi connectivity index (χ1v) is 8.02. The van der Waals surface area contributed by atoms with Gasteiger partial charge < -0.3 is 5.11 Å².